The third-order valence-corrected chi connectivity index (χ3v) is 4.16. The van der Waals surface area contributed by atoms with Crippen LogP contribution in [-0.2, 0) is 9.53 Å². The summed E-state index contributed by atoms with van der Waals surface area (Å²) >= 11 is 1.09. The van der Waals surface area contributed by atoms with Crippen molar-refractivity contribution in [2.75, 3.05) is 5.75 Å². The largest absolute Gasteiger partial charge is 0.462 e. The highest BCUT2D eigenvalue weighted by molar-refractivity contribution is 8.00. The second kappa shape index (κ2) is 9.57. The van der Waals surface area contributed by atoms with Gasteiger partial charge in [0.15, 0.2) is 0 Å². The van der Waals surface area contributed by atoms with Crippen LogP contribution in [-0.4, -0.2) is 35.2 Å². The number of halogens is 5. The van der Waals surface area contributed by atoms with Crippen LogP contribution in [0.4, 0.5) is 22.0 Å². The molecule has 0 aliphatic heterocycles. The summed E-state index contributed by atoms with van der Waals surface area (Å²) in [5.74, 6) is -5.05. The van der Waals surface area contributed by atoms with Crippen molar-refractivity contribution in [1.82, 2.24) is 0 Å². The number of carbonyl (C=O) groups is 1. The summed E-state index contributed by atoms with van der Waals surface area (Å²) in [6, 6.07) is 0. The van der Waals surface area contributed by atoms with Gasteiger partial charge in [0.2, 0.25) is 0 Å². The number of alkyl halides is 5. The predicted octanol–water partition coefficient (Wildman–Crippen LogP) is 5.21. The minimum absolute atomic E-state index is 0.0627. The van der Waals surface area contributed by atoms with Crippen molar-refractivity contribution in [3.8, 4) is 0 Å². The predicted molar refractivity (Wildman–Crippen MR) is 77.2 cm³/mol. The maximum atomic E-state index is 12.8. The monoisotopic (exact) mass is 350 g/mol. The van der Waals surface area contributed by atoms with Crippen LogP contribution in [0.15, 0.2) is 0 Å². The number of hydrogen-bond acceptors (Lipinski definition) is 3. The van der Waals surface area contributed by atoms with Gasteiger partial charge in [-0.1, -0.05) is 19.8 Å². The molecule has 0 amide bonds. The zero-order chi connectivity index (χ0) is 17.4. The Balaban J connectivity index is 4.31. The zero-order valence-electron chi connectivity index (χ0n) is 13.0. The summed E-state index contributed by atoms with van der Waals surface area (Å²) in [6.45, 7) is 5.34. The molecule has 1 unspecified atom stereocenters. The first-order chi connectivity index (χ1) is 10.0. The molecule has 0 bridgehead atoms. The quantitative estimate of drug-likeness (QED) is 0.307. The standard InChI is InChI=1S/C14H23F5O2S/c1-4-5-7-11(12(20)21-10(2)3)22-9-6-8-13(15,16)14(17,18)19/h10-11H,4-9H2,1-3H3. The number of ether oxygens (including phenoxy) is 1. The first kappa shape index (κ1) is 21.5. The van der Waals surface area contributed by atoms with Crippen molar-refractivity contribution < 1.29 is 31.5 Å². The molecule has 0 radical (unpaired) electrons. The van der Waals surface area contributed by atoms with E-state index in [-0.39, 0.29) is 18.3 Å². The molecule has 0 spiro atoms. The van der Waals surface area contributed by atoms with Crippen molar-refractivity contribution in [1.29, 1.82) is 0 Å². The zero-order valence-corrected chi connectivity index (χ0v) is 13.8. The van der Waals surface area contributed by atoms with E-state index in [1.165, 1.54) is 0 Å². The number of hydrogen-bond donors (Lipinski definition) is 0. The van der Waals surface area contributed by atoms with Gasteiger partial charge in [-0.05, 0) is 32.4 Å². The Labute approximate surface area is 132 Å². The van der Waals surface area contributed by atoms with Gasteiger partial charge in [0.25, 0.3) is 0 Å². The molecular formula is C14H23F5O2S. The molecule has 0 aromatic heterocycles. The van der Waals surface area contributed by atoms with Gasteiger partial charge < -0.3 is 4.74 Å². The molecule has 8 heteroatoms. The lowest BCUT2D eigenvalue weighted by atomic mass is 10.2. The molecule has 0 saturated carbocycles. The van der Waals surface area contributed by atoms with Crippen LogP contribution in [0.3, 0.4) is 0 Å². The Morgan fingerprint density at radius 3 is 2.18 bits per heavy atom. The molecular weight excluding hydrogens is 327 g/mol. The van der Waals surface area contributed by atoms with Gasteiger partial charge >= 0.3 is 18.1 Å². The highest BCUT2D eigenvalue weighted by Gasteiger charge is 2.56. The SMILES string of the molecule is CCCCC(SCCCC(F)(F)C(F)(F)F)C(=O)OC(C)C. The van der Waals surface area contributed by atoms with E-state index in [4.69, 9.17) is 4.74 Å². The molecule has 2 nitrogen and oxygen atoms in total. The Morgan fingerprint density at radius 2 is 1.73 bits per heavy atom. The van der Waals surface area contributed by atoms with E-state index in [1.807, 2.05) is 6.92 Å². The van der Waals surface area contributed by atoms with Crippen LogP contribution in [0, 0.1) is 0 Å². The Hall–Kier alpha value is -0.530. The van der Waals surface area contributed by atoms with E-state index in [2.05, 4.69) is 0 Å². The highest BCUT2D eigenvalue weighted by atomic mass is 32.2. The van der Waals surface area contributed by atoms with Gasteiger partial charge in [0.1, 0.15) is 5.25 Å². The number of thioether (sulfide) groups is 1. The number of esters is 1. The molecule has 0 aromatic rings. The van der Waals surface area contributed by atoms with E-state index in [0.717, 1.165) is 24.6 Å². The highest BCUT2D eigenvalue weighted by Crippen LogP contribution is 2.39. The third kappa shape index (κ3) is 8.19. The minimum atomic E-state index is -5.52. The van der Waals surface area contributed by atoms with Crippen LogP contribution >= 0.6 is 11.8 Å². The summed E-state index contributed by atoms with van der Waals surface area (Å²) in [4.78, 5) is 11.8. The van der Waals surface area contributed by atoms with E-state index in [1.54, 1.807) is 13.8 Å². The lowest BCUT2D eigenvalue weighted by Gasteiger charge is -2.20. The third-order valence-electron chi connectivity index (χ3n) is 2.80. The average molecular weight is 350 g/mol. The molecule has 132 valence electrons. The molecule has 0 rings (SSSR count). The van der Waals surface area contributed by atoms with Crippen LogP contribution in [0.25, 0.3) is 0 Å². The number of rotatable bonds is 10. The summed E-state index contributed by atoms with van der Waals surface area (Å²) < 4.78 is 66.7. The molecule has 0 heterocycles. The van der Waals surface area contributed by atoms with Gasteiger partial charge in [-0.3, -0.25) is 4.79 Å². The van der Waals surface area contributed by atoms with E-state index >= 15 is 0 Å². The molecule has 0 N–H and O–H groups in total. The summed E-state index contributed by atoms with van der Waals surface area (Å²) in [6.07, 6.45) is -5.22. The van der Waals surface area contributed by atoms with Crippen molar-refractivity contribution in [3.05, 3.63) is 0 Å². The fraction of sp³-hybridized carbons (Fsp3) is 0.929. The normalized spacial score (nSPS) is 14.2. The first-order valence-corrected chi connectivity index (χ1v) is 8.32. The van der Waals surface area contributed by atoms with Crippen LogP contribution in [0.2, 0.25) is 0 Å². The second-order valence-electron chi connectivity index (χ2n) is 5.29. The smallest absolute Gasteiger partial charge is 0.453 e. The Bertz CT molecular complexity index is 332. The molecule has 1 atom stereocenters. The Kier molecular flexibility index (Phi) is 9.34. The van der Waals surface area contributed by atoms with Gasteiger partial charge in [0, 0.05) is 6.42 Å². The van der Waals surface area contributed by atoms with Crippen molar-refractivity contribution in [3.63, 3.8) is 0 Å². The van der Waals surface area contributed by atoms with Crippen LogP contribution in [0.1, 0.15) is 52.9 Å². The van der Waals surface area contributed by atoms with E-state index < -0.39 is 29.7 Å². The molecule has 0 fully saturated rings. The fourth-order valence-electron chi connectivity index (χ4n) is 1.63. The van der Waals surface area contributed by atoms with E-state index in [0.29, 0.717) is 6.42 Å². The van der Waals surface area contributed by atoms with Crippen molar-refractivity contribution in [2.45, 2.75) is 76.3 Å². The van der Waals surface area contributed by atoms with Crippen molar-refractivity contribution >= 4 is 17.7 Å². The average Bonchev–Trinajstić information content (AvgIpc) is 2.35. The minimum Gasteiger partial charge on any atom is -0.462 e. The van der Waals surface area contributed by atoms with Crippen LogP contribution in [0.5, 0.6) is 0 Å². The van der Waals surface area contributed by atoms with Gasteiger partial charge in [0.05, 0.1) is 6.10 Å². The molecule has 0 aliphatic carbocycles. The molecule has 0 aromatic carbocycles. The lowest BCUT2D eigenvalue weighted by molar-refractivity contribution is -0.284. The van der Waals surface area contributed by atoms with Crippen molar-refractivity contribution in [2.24, 2.45) is 0 Å². The summed E-state index contributed by atoms with van der Waals surface area (Å²) in [5, 5.41) is -0.512. The topological polar surface area (TPSA) is 26.3 Å². The summed E-state index contributed by atoms with van der Waals surface area (Å²) in [5.41, 5.74) is 0. The second-order valence-corrected chi connectivity index (χ2v) is 6.60. The lowest BCUT2D eigenvalue weighted by Crippen LogP contribution is -2.36. The van der Waals surface area contributed by atoms with Gasteiger partial charge in [-0.15, -0.1) is 11.8 Å². The first-order valence-electron chi connectivity index (χ1n) is 7.28. The molecule has 0 aliphatic rings. The number of carbonyl (C=O) groups excluding carboxylic acids is 1. The van der Waals surface area contributed by atoms with Crippen LogP contribution < -0.4 is 0 Å². The molecule has 0 saturated heterocycles. The fourth-order valence-corrected chi connectivity index (χ4v) is 2.75. The summed E-state index contributed by atoms with van der Waals surface area (Å²) in [7, 11) is 0. The Morgan fingerprint density at radius 1 is 1.14 bits per heavy atom. The number of unbranched alkanes of at least 4 members (excludes halogenated alkanes) is 1. The molecule has 22 heavy (non-hydrogen) atoms. The van der Waals surface area contributed by atoms with E-state index in [9.17, 15) is 26.7 Å². The maximum Gasteiger partial charge on any atom is 0.453 e. The maximum absolute atomic E-state index is 12.8. The van der Waals surface area contributed by atoms with Gasteiger partial charge in [-0.25, -0.2) is 0 Å². The van der Waals surface area contributed by atoms with Gasteiger partial charge in [-0.2, -0.15) is 22.0 Å².